The van der Waals surface area contributed by atoms with Gasteiger partial charge in [-0.05, 0) is 25.1 Å². The van der Waals surface area contributed by atoms with Crippen molar-refractivity contribution in [3.05, 3.63) is 45.4 Å². The normalized spacial score (nSPS) is 10.3. The average Bonchev–Trinajstić information content (AvgIpc) is 2.78. The van der Waals surface area contributed by atoms with Crippen LogP contribution >= 0.6 is 11.3 Å². The maximum atomic E-state index is 13.7. The first-order valence-corrected chi connectivity index (χ1v) is 6.62. The van der Waals surface area contributed by atoms with E-state index in [1.165, 1.54) is 13.2 Å². The van der Waals surface area contributed by atoms with Crippen LogP contribution in [0.2, 0.25) is 0 Å². The number of carboxylic acid groups (broad SMARTS) is 1. The van der Waals surface area contributed by atoms with Gasteiger partial charge in [-0.3, -0.25) is 0 Å². The summed E-state index contributed by atoms with van der Waals surface area (Å²) in [5.74, 6) is -0.819. The van der Waals surface area contributed by atoms with Crippen molar-refractivity contribution < 1.29 is 23.8 Å². The molecule has 20 heavy (non-hydrogen) atoms. The van der Waals surface area contributed by atoms with Crippen LogP contribution in [0.25, 0.3) is 0 Å². The molecule has 1 aromatic heterocycles. The Morgan fingerprint density at radius 3 is 2.75 bits per heavy atom. The summed E-state index contributed by atoms with van der Waals surface area (Å²) >= 11 is 1.13. The third-order valence-electron chi connectivity index (χ3n) is 2.66. The van der Waals surface area contributed by atoms with E-state index in [4.69, 9.17) is 14.6 Å². The summed E-state index contributed by atoms with van der Waals surface area (Å²) < 4.78 is 24.0. The molecule has 0 atom stereocenters. The number of carboxylic acids is 1. The van der Waals surface area contributed by atoms with Crippen LogP contribution in [0.4, 0.5) is 4.39 Å². The number of carbonyl (C=O) groups is 1. The minimum Gasteiger partial charge on any atom is -0.497 e. The lowest BCUT2D eigenvalue weighted by Crippen LogP contribution is -2.02. The standard InChI is InChI=1S/C14H13FO4S/c1-8-5-12(13(20-8)14(16)17)19-7-9-3-4-10(18-2)6-11(9)15/h3-6H,7H2,1-2H3,(H,16,17). The van der Waals surface area contributed by atoms with Gasteiger partial charge in [-0.25, -0.2) is 9.18 Å². The lowest BCUT2D eigenvalue weighted by molar-refractivity contribution is 0.0697. The first-order valence-electron chi connectivity index (χ1n) is 5.80. The van der Waals surface area contributed by atoms with Gasteiger partial charge < -0.3 is 14.6 Å². The van der Waals surface area contributed by atoms with Crippen LogP contribution in [-0.2, 0) is 6.61 Å². The second-order valence-electron chi connectivity index (χ2n) is 4.10. The molecule has 2 aromatic rings. The van der Waals surface area contributed by atoms with Crippen molar-refractivity contribution in [1.82, 2.24) is 0 Å². The van der Waals surface area contributed by atoms with Crippen LogP contribution in [0, 0.1) is 12.7 Å². The molecule has 6 heteroatoms. The molecule has 0 aliphatic rings. The van der Waals surface area contributed by atoms with Crippen molar-refractivity contribution in [1.29, 1.82) is 0 Å². The quantitative estimate of drug-likeness (QED) is 0.917. The van der Waals surface area contributed by atoms with E-state index in [1.54, 1.807) is 25.1 Å². The predicted molar refractivity (Wildman–Crippen MR) is 73.3 cm³/mol. The molecular formula is C14H13FO4S. The van der Waals surface area contributed by atoms with Crippen molar-refractivity contribution in [3.63, 3.8) is 0 Å². The van der Waals surface area contributed by atoms with Crippen molar-refractivity contribution in [2.75, 3.05) is 7.11 Å². The van der Waals surface area contributed by atoms with Gasteiger partial charge >= 0.3 is 5.97 Å². The third-order valence-corrected chi connectivity index (χ3v) is 3.68. The first-order chi connectivity index (χ1) is 9.51. The van der Waals surface area contributed by atoms with E-state index in [9.17, 15) is 9.18 Å². The highest BCUT2D eigenvalue weighted by molar-refractivity contribution is 7.14. The molecule has 0 bridgehead atoms. The summed E-state index contributed by atoms with van der Waals surface area (Å²) in [6.07, 6.45) is 0. The molecule has 1 heterocycles. The molecule has 0 radical (unpaired) electrons. The van der Waals surface area contributed by atoms with Crippen LogP contribution in [0.15, 0.2) is 24.3 Å². The Hall–Kier alpha value is -2.08. The van der Waals surface area contributed by atoms with E-state index >= 15 is 0 Å². The zero-order chi connectivity index (χ0) is 14.7. The van der Waals surface area contributed by atoms with Gasteiger partial charge in [-0.15, -0.1) is 11.3 Å². The summed E-state index contributed by atoms with van der Waals surface area (Å²) in [7, 11) is 1.46. The van der Waals surface area contributed by atoms with Gasteiger partial charge in [-0.1, -0.05) is 0 Å². The van der Waals surface area contributed by atoms with Gasteiger partial charge in [0.25, 0.3) is 0 Å². The Kier molecular flexibility index (Phi) is 4.24. The molecule has 0 fully saturated rings. The fourth-order valence-corrected chi connectivity index (χ4v) is 2.47. The number of aryl methyl sites for hydroxylation is 1. The molecule has 0 saturated carbocycles. The molecule has 0 aliphatic heterocycles. The fourth-order valence-electron chi connectivity index (χ4n) is 1.67. The van der Waals surface area contributed by atoms with E-state index in [1.807, 2.05) is 0 Å². The highest BCUT2D eigenvalue weighted by atomic mass is 32.1. The van der Waals surface area contributed by atoms with Crippen LogP contribution in [0.1, 0.15) is 20.1 Å². The lowest BCUT2D eigenvalue weighted by Gasteiger charge is -2.08. The molecule has 0 spiro atoms. The number of methoxy groups -OCH3 is 1. The van der Waals surface area contributed by atoms with Crippen molar-refractivity contribution >= 4 is 17.3 Å². The summed E-state index contributed by atoms with van der Waals surface area (Å²) in [6, 6.07) is 6.07. The minimum atomic E-state index is -1.05. The number of aromatic carboxylic acids is 1. The average molecular weight is 296 g/mol. The highest BCUT2D eigenvalue weighted by Gasteiger charge is 2.16. The molecular weight excluding hydrogens is 283 g/mol. The number of hydrogen-bond acceptors (Lipinski definition) is 4. The molecule has 1 aromatic carbocycles. The van der Waals surface area contributed by atoms with E-state index in [0.717, 1.165) is 16.2 Å². The molecule has 4 nitrogen and oxygen atoms in total. The Morgan fingerprint density at radius 1 is 1.40 bits per heavy atom. The molecule has 106 valence electrons. The molecule has 0 unspecified atom stereocenters. The highest BCUT2D eigenvalue weighted by Crippen LogP contribution is 2.30. The molecule has 0 aliphatic carbocycles. The molecule has 0 amide bonds. The van der Waals surface area contributed by atoms with E-state index < -0.39 is 11.8 Å². The maximum Gasteiger partial charge on any atom is 0.349 e. The summed E-state index contributed by atoms with van der Waals surface area (Å²) in [5, 5.41) is 9.04. The molecule has 2 rings (SSSR count). The van der Waals surface area contributed by atoms with Gasteiger partial charge in [0.2, 0.25) is 0 Å². The van der Waals surface area contributed by atoms with Crippen molar-refractivity contribution in [2.45, 2.75) is 13.5 Å². The van der Waals surface area contributed by atoms with Gasteiger partial charge in [0.05, 0.1) is 7.11 Å². The van der Waals surface area contributed by atoms with E-state index in [2.05, 4.69) is 0 Å². The van der Waals surface area contributed by atoms with Crippen molar-refractivity contribution in [2.24, 2.45) is 0 Å². The second-order valence-corrected chi connectivity index (χ2v) is 5.36. The number of hydrogen-bond donors (Lipinski definition) is 1. The first kappa shape index (κ1) is 14.3. The number of rotatable bonds is 5. The van der Waals surface area contributed by atoms with E-state index in [0.29, 0.717) is 11.3 Å². The SMILES string of the molecule is COc1ccc(COc2cc(C)sc2C(=O)O)c(F)c1. The zero-order valence-corrected chi connectivity index (χ0v) is 11.8. The number of benzene rings is 1. The monoisotopic (exact) mass is 296 g/mol. The van der Waals surface area contributed by atoms with Crippen LogP contribution in [-0.4, -0.2) is 18.2 Å². The summed E-state index contributed by atoms with van der Waals surface area (Å²) in [6.45, 7) is 1.75. The maximum absolute atomic E-state index is 13.7. The molecule has 1 N–H and O–H groups in total. The largest absolute Gasteiger partial charge is 0.497 e. The number of halogens is 1. The van der Waals surface area contributed by atoms with E-state index in [-0.39, 0.29) is 17.2 Å². The lowest BCUT2D eigenvalue weighted by atomic mass is 10.2. The Balaban J connectivity index is 2.15. The summed E-state index contributed by atoms with van der Waals surface area (Å²) in [4.78, 5) is 12.0. The Labute approximate surface area is 119 Å². The molecule has 0 saturated heterocycles. The van der Waals surface area contributed by atoms with Crippen LogP contribution in [0.3, 0.4) is 0 Å². The smallest absolute Gasteiger partial charge is 0.349 e. The Bertz CT molecular complexity index is 636. The second kappa shape index (κ2) is 5.92. The van der Waals surface area contributed by atoms with Gasteiger partial charge in [0.1, 0.15) is 23.9 Å². The Morgan fingerprint density at radius 2 is 2.15 bits per heavy atom. The van der Waals surface area contributed by atoms with Gasteiger partial charge in [-0.2, -0.15) is 0 Å². The minimum absolute atomic E-state index is 0.0354. The van der Waals surface area contributed by atoms with Crippen LogP contribution < -0.4 is 9.47 Å². The van der Waals surface area contributed by atoms with Crippen molar-refractivity contribution in [3.8, 4) is 11.5 Å². The predicted octanol–water partition coefficient (Wildman–Crippen LogP) is 3.48. The summed E-state index contributed by atoms with van der Waals surface area (Å²) in [5.41, 5.74) is 0.339. The topological polar surface area (TPSA) is 55.8 Å². The van der Waals surface area contributed by atoms with Crippen LogP contribution in [0.5, 0.6) is 11.5 Å². The van der Waals surface area contributed by atoms with Gasteiger partial charge in [0, 0.05) is 16.5 Å². The third kappa shape index (κ3) is 3.08. The zero-order valence-electron chi connectivity index (χ0n) is 11.0. The number of ether oxygens (including phenoxy) is 2. The number of thiophene rings is 1. The fraction of sp³-hybridized carbons (Fsp3) is 0.214. The van der Waals surface area contributed by atoms with Gasteiger partial charge in [0.15, 0.2) is 4.88 Å².